The Morgan fingerprint density at radius 2 is 1.12 bits per heavy atom. The van der Waals surface area contributed by atoms with Crippen LogP contribution in [-0.2, 0) is 0 Å². The van der Waals surface area contributed by atoms with E-state index >= 15 is 0 Å². The number of aromatic nitrogens is 2. The molecule has 0 amide bonds. The summed E-state index contributed by atoms with van der Waals surface area (Å²) in [5, 5.41) is 0. The number of hydrogen-bond donors (Lipinski definition) is 0. The second-order valence-corrected chi connectivity index (χ2v) is 17.3. The lowest BCUT2D eigenvalue weighted by molar-refractivity contribution is 0.576. The molecule has 24 heavy (non-hydrogen) atoms. The first-order valence-electron chi connectivity index (χ1n) is 7.87. The molecule has 3 rings (SSSR count). The van der Waals surface area contributed by atoms with Crippen LogP contribution < -0.4 is 0 Å². The zero-order chi connectivity index (χ0) is 17.5. The minimum Gasteiger partial charge on any atom is -0.430 e. The first-order valence-corrected chi connectivity index (χ1v) is 14.9. The maximum absolute atomic E-state index is 5.72. The molecule has 0 unspecified atom stereocenters. The van der Waals surface area contributed by atoms with Crippen LogP contribution in [0.15, 0.2) is 21.0 Å². The Morgan fingerprint density at radius 1 is 0.708 bits per heavy atom. The molecule has 4 nitrogen and oxygen atoms in total. The molecule has 0 N–H and O–H groups in total. The molecule has 0 saturated heterocycles. The Morgan fingerprint density at radius 3 is 1.50 bits per heavy atom. The highest BCUT2D eigenvalue weighted by Crippen LogP contribution is 2.23. The van der Waals surface area contributed by atoms with Gasteiger partial charge in [0.1, 0.15) is 27.2 Å². The lowest BCUT2D eigenvalue weighted by Crippen LogP contribution is -2.16. The normalized spacial score (nSPS) is 11.9. The van der Waals surface area contributed by atoms with E-state index < -0.39 is 16.1 Å². The van der Waals surface area contributed by atoms with E-state index in [-0.39, 0.29) is 0 Å². The van der Waals surface area contributed by atoms with Gasteiger partial charge >= 0.3 is 0 Å². The van der Waals surface area contributed by atoms with Gasteiger partial charge in [-0.25, -0.2) is 9.97 Å². The maximum atomic E-state index is 5.72. The summed E-state index contributed by atoms with van der Waals surface area (Å²) in [6.07, 6.45) is 0. The van der Waals surface area contributed by atoms with Gasteiger partial charge in [0.25, 0.3) is 11.8 Å². The van der Waals surface area contributed by atoms with Gasteiger partial charge < -0.3 is 8.83 Å². The van der Waals surface area contributed by atoms with Crippen LogP contribution in [0.1, 0.15) is 11.8 Å². The fraction of sp³-hybridized carbons (Fsp3) is 0.333. The second-order valence-electron chi connectivity index (χ2n) is 7.83. The molecule has 0 spiro atoms. The summed E-state index contributed by atoms with van der Waals surface area (Å²) < 4.78 is 11.4. The number of benzene rings is 1. The highest BCUT2D eigenvalue weighted by molar-refractivity contribution is 6.84. The molecule has 0 aliphatic carbocycles. The molecule has 0 saturated carbocycles. The van der Waals surface area contributed by atoms with E-state index in [9.17, 15) is 0 Å². The molecule has 0 radical (unpaired) electrons. The van der Waals surface area contributed by atoms with Gasteiger partial charge in [-0.3, -0.25) is 0 Å². The molecule has 0 aliphatic rings. The Labute approximate surface area is 143 Å². The van der Waals surface area contributed by atoms with Gasteiger partial charge in [0.15, 0.2) is 11.2 Å². The van der Waals surface area contributed by atoms with Gasteiger partial charge in [-0.1, -0.05) is 39.3 Å². The van der Waals surface area contributed by atoms with E-state index in [1.54, 1.807) is 0 Å². The average molecular weight is 353 g/mol. The lowest BCUT2D eigenvalue weighted by Gasteiger charge is -2.01. The summed E-state index contributed by atoms with van der Waals surface area (Å²) in [6.45, 7) is 13.1. The first-order chi connectivity index (χ1) is 11.1. The van der Waals surface area contributed by atoms with Crippen molar-refractivity contribution in [1.82, 2.24) is 9.97 Å². The molecule has 3 aromatic rings. The van der Waals surface area contributed by atoms with Crippen molar-refractivity contribution in [2.45, 2.75) is 39.3 Å². The third-order valence-electron chi connectivity index (χ3n) is 2.99. The van der Waals surface area contributed by atoms with Gasteiger partial charge in [0.05, 0.1) is 0 Å². The molecular weight excluding hydrogens is 332 g/mol. The third-order valence-corrected chi connectivity index (χ3v) is 4.74. The summed E-state index contributed by atoms with van der Waals surface area (Å²) >= 11 is 0. The monoisotopic (exact) mass is 352 g/mol. The van der Waals surface area contributed by atoms with E-state index in [4.69, 9.17) is 8.83 Å². The predicted molar refractivity (Wildman–Crippen MR) is 102 cm³/mol. The summed E-state index contributed by atoms with van der Waals surface area (Å²) in [5.74, 6) is 6.96. The third kappa shape index (κ3) is 3.97. The number of hydrogen-bond acceptors (Lipinski definition) is 4. The number of nitrogens with zero attached hydrogens (tertiary/aromatic N) is 2. The largest absolute Gasteiger partial charge is 0.430 e. The van der Waals surface area contributed by atoms with Gasteiger partial charge in [-0.2, -0.15) is 0 Å². The van der Waals surface area contributed by atoms with Crippen molar-refractivity contribution < 1.29 is 8.83 Å². The van der Waals surface area contributed by atoms with Crippen LogP contribution in [0, 0.1) is 22.9 Å². The molecule has 0 fully saturated rings. The van der Waals surface area contributed by atoms with Crippen molar-refractivity contribution >= 4 is 38.3 Å². The van der Waals surface area contributed by atoms with Gasteiger partial charge in [-0.15, -0.1) is 11.1 Å². The molecular formula is C18H20N2O2Si2. The summed E-state index contributed by atoms with van der Waals surface area (Å²) in [6, 6.07) is 3.67. The van der Waals surface area contributed by atoms with Crippen LogP contribution in [0.3, 0.4) is 0 Å². The molecule has 0 aliphatic heterocycles. The molecule has 122 valence electrons. The Bertz CT molecular complexity index is 909. The highest BCUT2D eigenvalue weighted by Gasteiger charge is 2.13. The van der Waals surface area contributed by atoms with Gasteiger partial charge in [0, 0.05) is 6.07 Å². The highest BCUT2D eigenvalue weighted by atomic mass is 28.3. The van der Waals surface area contributed by atoms with Gasteiger partial charge in [0.2, 0.25) is 0 Å². The molecule has 0 bridgehead atoms. The number of rotatable bonds is 0. The predicted octanol–water partition coefficient (Wildman–Crippen LogP) is 4.43. The van der Waals surface area contributed by atoms with Crippen molar-refractivity contribution in [1.29, 1.82) is 0 Å². The lowest BCUT2D eigenvalue weighted by atomic mass is 10.3. The zero-order valence-corrected chi connectivity index (χ0v) is 16.9. The molecule has 2 aromatic heterocycles. The maximum Gasteiger partial charge on any atom is 0.273 e. The topological polar surface area (TPSA) is 52.1 Å². The average Bonchev–Trinajstić information content (AvgIpc) is 3.00. The van der Waals surface area contributed by atoms with Crippen LogP contribution in [0.25, 0.3) is 22.2 Å². The van der Waals surface area contributed by atoms with Crippen molar-refractivity contribution in [3.05, 3.63) is 23.9 Å². The van der Waals surface area contributed by atoms with Crippen LogP contribution >= 0.6 is 0 Å². The minimum absolute atomic E-state index is 0.443. The van der Waals surface area contributed by atoms with E-state index in [0.29, 0.717) is 22.9 Å². The molecule has 2 heterocycles. The van der Waals surface area contributed by atoms with E-state index in [1.807, 2.05) is 12.1 Å². The summed E-state index contributed by atoms with van der Waals surface area (Å²) in [4.78, 5) is 8.86. The van der Waals surface area contributed by atoms with E-state index in [0.717, 1.165) is 11.0 Å². The zero-order valence-electron chi connectivity index (χ0n) is 14.9. The molecule has 1 aromatic carbocycles. The van der Waals surface area contributed by atoms with Crippen molar-refractivity contribution in [3.8, 4) is 22.9 Å². The van der Waals surface area contributed by atoms with Crippen LogP contribution in [-0.4, -0.2) is 26.1 Å². The fourth-order valence-electron chi connectivity index (χ4n) is 1.94. The smallest absolute Gasteiger partial charge is 0.273 e. The van der Waals surface area contributed by atoms with Crippen LogP contribution in [0.4, 0.5) is 0 Å². The molecule has 0 atom stereocenters. The standard InChI is InChI=1S/C18H20N2O2Si2/c1-23(2,3)9-7-17-19-13-11-14-16(12-15(13)21-17)22-18(20-14)8-10-24(4,5)6/h11-12H,1-6H3. The van der Waals surface area contributed by atoms with Crippen molar-refractivity contribution in [3.63, 3.8) is 0 Å². The van der Waals surface area contributed by atoms with Crippen LogP contribution in [0.2, 0.25) is 39.3 Å². The Balaban J connectivity index is 2.01. The summed E-state index contributed by atoms with van der Waals surface area (Å²) in [7, 11) is -2.92. The van der Waals surface area contributed by atoms with Crippen molar-refractivity contribution in [2.24, 2.45) is 0 Å². The van der Waals surface area contributed by atoms with Crippen LogP contribution in [0.5, 0.6) is 0 Å². The fourth-order valence-corrected chi connectivity index (χ4v) is 2.90. The Kier molecular flexibility index (Phi) is 3.91. The number of oxazole rings is 2. The van der Waals surface area contributed by atoms with Gasteiger partial charge in [-0.05, 0) is 17.9 Å². The second kappa shape index (κ2) is 5.66. The Hall–Kier alpha value is -2.29. The SMILES string of the molecule is C[Si](C)(C)C#Cc1nc2cc3nc(C#C[Si](C)(C)C)oc3cc2o1. The number of fused-ring (bicyclic) bond motifs is 2. The first kappa shape index (κ1) is 16.6. The van der Waals surface area contributed by atoms with E-state index in [1.165, 1.54) is 0 Å². The van der Waals surface area contributed by atoms with E-state index in [2.05, 4.69) is 72.2 Å². The molecule has 6 heteroatoms. The quantitative estimate of drug-likeness (QED) is 0.444. The summed E-state index contributed by atoms with van der Waals surface area (Å²) in [5.41, 5.74) is 9.29. The van der Waals surface area contributed by atoms with Crippen molar-refractivity contribution in [2.75, 3.05) is 0 Å². The minimum atomic E-state index is -1.46.